The molecule has 0 aliphatic carbocycles. The van der Waals surface area contributed by atoms with E-state index in [0.29, 0.717) is 12.1 Å². The first-order chi connectivity index (χ1) is 13.0. The van der Waals surface area contributed by atoms with Crippen molar-refractivity contribution in [3.05, 3.63) is 83.4 Å². The lowest BCUT2D eigenvalue weighted by Crippen LogP contribution is -2.22. The van der Waals surface area contributed by atoms with Crippen LogP contribution in [0.3, 0.4) is 0 Å². The summed E-state index contributed by atoms with van der Waals surface area (Å²) < 4.78 is 7.76. The van der Waals surface area contributed by atoms with Gasteiger partial charge in [0.05, 0.1) is 6.10 Å². The Morgan fingerprint density at radius 2 is 1.93 bits per heavy atom. The molecule has 3 aromatic rings. The topological polar surface area (TPSA) is 56.2 Å². The van der Waals surface area contributed by atoms with Crippen molar-refractivity contribution in [1.82, 2.24) is 14.9 Å². The Morgan fingerprint density at radius 1 is 1.15 bits per heavy atom. The predicted octanol–water partition coefficient (Wildman–Crippen LogP) is 3.96. The number of hydrogen-bond acceptors (Lipinski definition) is 3. The van der Waals surface area contributed by atoms with Gasteiger partial charge in [0.25, 0.3) is 5.91 Å². The highest BCUT2D eigenvalue weighted by atomic mass is 16.5. The third kappa shape index (κ3) is 5.20. The molecule has 2 aromatic carbocycles. The number of ether oxygens (including phenoxy) is 1. The highest BCUT2D eigenvalue weighted by molar-refractivity contribution is 5.94. The normalized spacial score (nSPS) is 10.8. The third-order valence-electron chi connectivity index (χ3n) is 4.22. The van der Waals surface area contributed by atoms with Crippen LogP contribution in [0.2, 0.25) is 0 Å². The number of aryl methyl sites for hydroxylation is 1. The molecule has 0 aliphatic rings. The zero-order valence-electron chi connectivity index (χ0n) is 16.0. The average molecular weight is 363 g/mol. The lowest BCUT2D eigenvalue weighted by atomic mass is 10.1. The van der Waals surface area contributed by atoms with Gasteiger partial charge in [-0.05, 0) is 56.2 Å². The van der Waals surface area contributed by atoms with Crippen molar-refractivity contribution in [3.63, 3.8) is 0 Å². The summed E-state index contributed by atoms with van der Waals surface area (Å²) in [6.45, 7) is 7.17. The van der Waals surface area contributed by atoms with Gasteiger partial charge in [-0.2, -0.15) is 0 Å². The van der Waals surface area contributed by atoms with E-state index in [1.807, 2.05) is 75.5 Å². The minimum absolute atomic E-state index is 0.0875. The second kappa shape index (κ2) is 8.54. The van der Waals surface area contributed by atoms with Gasteiger partial charge >= 0.3 is 0 Å². The largest absolute Gasteiger partial charge is 0.491 e. The molecule has 5 nitrogen and oxygen atoms in total. The van der Waals surface area contributed by atoms with Crippen LogP contribution >= 0.6 is 0 Å². The van der Waals surface area contributed by atoms with Crippen molar-refractivity contribution in [2.75, 3.05) is 0 Å². The van der Waals surface area contributed by atoms with Crippen LogP contribution in [0.5, 0.6) is 5.75 Å². The maximum absolute atomic E-state index is 12.4. The number of imidazole rings is 1. The maximum atomic E-state index is 12.4. The Bertz CT molecular complexity index is 898. The summed E-state index contributed by atoms with van der Waals surface area (Å²) >= 11 is 0. The molecule has 1 heterocycles. The number of nitrogens with zero attached hydrogens (tertiary/aromatic N) is 2. The Labute approximate surface area is 160 Å². The highest BCUT2D eigenvalue weighted by Crippen LogP contribution is 2.15. The molecule has 0 saturated heterocycles. The molecule has 0 radical (unpaired) electrons. The molecule has 27 heavy (non-hydrogen) atoms. The van der Waals surface area contributed by atoms with Crippen LogP contribution in [0.15, 0.2) is 60.9 Å². The summed E-state index contributed by atoms with van der Waals surface area (Å²) in [6.07, 6.45) is 3.87. The number of rotatable bonds is 7. The average Bonchev–Trinajstić information content (AvgIpc) is 3.05. The van der Waals surface area contributed by atoms with E-state index in [4.69, 9.17) is 4.74 Å². The summed E-state index contributed by atoms with van der Waals surface area (Å²) in [5, 5.41) is 2.96. The molecule has 3 rings (SSSR count). The molecule has 0 fully saturated rings. The van der Waals surface area contributed by atoms with E-state index in [-0.39, 0.29) is 12.0 Å². The Hall–Kier alpha value is -3.08. The molecule has 1 amide bonds. The highest BCUT2D eigenvalue weighted by Gasteiger charge is 2.07. The van der Waals surface area contributed by atoms with Gasteiger partial charge in [-0.1, -0.05) is 24.3 Å². The number of amides is 1. The van der Waals surface area contributed by atoms with Crippen LogP contribution in [0.1, 0.15) is 41.2 Å². The molecule has 0 atom stereocenters. The molecule has 0 bridgehead atoms. The van der Waals surface area contributed by atoms with Gasteiger partial charge in [0, 0.05) is 31.0 Å². The summed E-state index contributed by atoms with van der Waals surface area (Å²) in [4.78, 5) is 16.6. The van der Waals surface area contributed by atoms with Gasteiger partial charge < -0.3 is 14.6 Å². The van der Waals surface area contributed by atoms with Gasteiger partial charge in [-0.15, -0.1) is 0 Å². The number of aromatic nitrogens is 2. The fourth-order valence-corrected chi connectivity index (χ4v) is 2.81. The van der Waals surface area contributed by atoms with Crippen LogP contribution in [0.25, 0.3) is 0 Å². The van der Waals surface area contributed by atoms with Crippen molar-refractivity contribution < 1.29 is 9.53 Å². The van der Waals surface area contributed by atoms with E-state index in [1.165, 1.54) is 0 Å². The molecule has 1 N–H and O–H groups in total. The summed E-state index contributed by atoms with van der Waals surface area (Å²) in [5.41, 5.74) is 2.79. The number of carbonyl (C=O) groups is 1. The maximum Gasteiger partial charge on any atom is 0.251 e. The zero-order valence-corrected chi connectivity index (χ0v) is 16.0. The van der Waals surface area contributed by atoms with Crippen LogP contribution in [0, 0.1) is 6.92 Å². The van der Waals surface area contributed by atoms with Crippen molar-refractivity contribution in [1.29, 1.82) is 0 Å². The van der Waals surface area contributed by atoms with Crippen LogP contribution < -0.4 is 10.1 Å². The molecule has 0 saturated carbocycles. The molecule has 140 valence electrons. The Morgan fingerprint density at radius 3 is 2.59 bits per heavy atom. The smallest absolute Gasteiger partial charge is 0.251 e. The number of carbonyl (C=O) groups excluding carboxylic acids is 1. The van der Waals surface area contributed by atoms with E-state index >= 15 is 0 Å². The predicted molar refractivity (Wildman–Crippen MR) is 106 cm³/mol. The standard InChI is InChI=1S/C22H25N3O2/c1-16(2)27-21-6-4-5-19(13-21)14-24-22(26)20-9-7-18(8-10-20)15-25-12-11-23-17(25)3/h4-13,16H,14-15H2,1-3H3,(H,24,26). The van der Waals surface area contributed by atoms with Gasteiger partial charge in [0.15, 0.2) is 0 Å². The molecule has 0 aliphatic heterocycles. The quantitative estimate of drug-likeness (QED) is 0.691. The monoisotopic (exact) mass is 363 g/mol. The van der Waals surface area contributed by atoms with E-state index in [9.17, 15) is 4.79 Å². The first-order valence-corrected chi connectivity index (χ1v) is 9.12. The van der Waals surface area contributed by atoms with Gasteiger partial charge in [-0.25, -0.2) is 4.98 Å². The second-order valence-corrected chi connectivity index (χ2v) is 6.80. The summed E-state index contributed by atoms with van der Waals surface area (Å²) in [5.74, 6) is 1.70. The van der Waals surface area contributed by atoms with Gasteiger partial charge in [0.1, 0.15) is 11.6 Å². The number of hydrogen-bond donors (Lipinski definition) is 1. The minimum Gasteiger partial charge on any atom is -0.491 e. The lowest BCUT2D eigenvalue weighted by Gasteiger charge is -2.11. The van der Waals surface area contributed by atoms with Crippen LogP contribution in [-0.2, 0) is 13.1 Å². The number of benzene rings is 2. The molecule has 0 spiro atoms. The van der Waals surface area contributed by atoms with Crippen molar-refractivity contribution >= 4 is 5.91 Å². The van der Waals surface area contributed by atoms with Crippen molar-refractivity contribution in [2.45, 2.75) is 40.0 Å². The Balaban J connectivity index is 1.57. The van der Waals surface area contributed by atoms with Crippen molar-refractivity contribution in [3.8, 4) is 5.75 Å². The van der Waals surface area contributed by atoms with E-state index in [0.717, 1.165) is 29.2 Å². The Kier molecular flexibility index (Phi) is 5.91. The first-order valence-electron chi connectivity index (χ1n) is 9.12. The molecular weight excluding hydrogens is 338 g/mol. The lowest BCUT2D eigenvalue weighted by molar-refractivity contribution is 0.0951. The van der Waals surface area contributed by atoms with Crippen molar-refractivity contribution in [2.24, 2.45) is 0 Å². The van der Waals surface area contributed by atoms with E-state index < -0.39 is 0 Å². The molecular formula is C22H25N3O2. The van der Waals surface area contributed by atoms with Gasteiger partial charge in [-0.3, -0.25) is 4.79 Å². The van der Waals surface area contributed by atoms with E-state index in [1.54, 1.807) is 6.20 Å². The zero-order chi connectivity index (χ0) is 19.2. The SMILES string of the molecule is Cc1nccn1Cc1ccc(C(=O)NCc2cccc(OC(C)C)c2)cc1. The van der Waals surface area contributed by atoms with Gasteiger partial charge in [0.2, 0.25) is 0 Å². The van der Waals surface area contributed by atoms with Crippen LogP contribution in [0.4, 0.5) is 0 Å². The fraction of sp³-hybridized carbons (Fsp3) is 0.273. The summed E-state index contributed by atoms with van der Waals surface area (Å²) in [6, 6.07) is 15.5. The number of nitrogens with one attached hydrogen (secondary N) is 1. The first kappa shape index (κ1) is 18.7. The van der Waals surface area contributed by atoms with Crippen LogP contribution in [-0.4, -0.2) is 21.6 Å². The third-order valence-corrected chi connectivity index (χ3v) is 4.22. The minimum atomic E-state index is -0.0875. The second-order valence-electron chi connectivity index (χ2n) is 6.80. The molecule has 1 aromatic heterocycles. The molecule has 0 unspecified atom stereocenters. The summed E-state index contributed by atoms with van der Waals surface area (Å²) in [7, 11) is 0. The van der Waals surface area contributed by atoms with E-state index in [2.05, 4.69) is 14.9 Å². The molecule has 5 heteroatoms. The fourth-order valence-electron chi connectivity index (χ4n) is 2.81.